The molecule has 16 heavy (non-hydrogen) atoms. The number of benzene rings is 1. The fourth-order valence-corrected chi connectivity index (χ4v) is 1.63. The Labute approximate surface area is 100.0 Å². The van der Waals surface area contributed by atoms with E-state index in [0.29, 0.717) is 6.04 Å². The summed E-state index contributed by atoms with van der Waals surface area (Å²) >= 11 is 5.81. The van der Waals surface area contributed by atoms with E-state index < -0.39 is 4.92 Å². The van der Waals surface area contributed by atoms with Crippen LogP contribution in [0.2, 0.25) is 0 Å². The molecule has 0 aliphatic rings. The predicted octanol–water partition coefficient (Wildman–Crippen LogP) is 3.18. The Morgan fingerprint density at radius 1 is 1.50 bits per heavy atom. The SMILES string of the molecule is CC(C)N(C)c1ccc([N+](=O)[O-])cc1CCl. The maximum absolute atomic E-state index is 10.6. The molecule has 1 rings (SSSR count). The van der Waals surface area contributed by atoms with E-state index in [1.165, 1.54) is 12.1 Å². The number of hydrogen-bond donors (Lipinski definition) is 0. The molecule has 0 spiro atoms. The van der Waals surface area contributed by atoms with E-state index in [1.807, 2.05) is 11.9 Å². The number of halogens is 1. The van der Waals surface area contributed by atoms with Gasteiger partial charge < -0.3 is 4.90 Å². The number of nitro benzene ring substituents is 1. The average Bonchev–Trinajstić information content (AvgIpc) is 2.26. The van der Waals surface area contributed by atoms with Gasteiger partial charge in [0.05, 0.1) is 4.92 Å². The summed E-state index contributed by atoms with van der Waals surface area (Å²) in [4.78, 5) is 12.3. The van der Waals surface area contributed by atoms with Crippen LogP contribution in [0.15, 0.2) is 18.2 Å². The topological polar surface area (TPSA) is 46.4 Å². The van der Waals surface area contributed by atoms with E-state index in [2.05, 4.69) is 13.8 Å². The van der Waals surface area contributed by atoms with Crippen molar-refractivity contribution in [1.82, 2.24) is 0 Å². The normalized spacial score (nSPS) is 10.6. The fourth-order valence-electron chi connectivity index (χ4n) is 1.41. The van der Waals surface area contributed by atoms with Gasteiger partial charge in [0.1, 0.15) is 0 Å². The zero-order valence-corrected chi connectivity index (χ0v) is 10.4. The Hall–Kier alpha value is -1.29. The second kappa shape index (κ2) is 5.16. The van der Waals surface area contributed by atoms with Crippen LogP contribution in [0.3, 0.4) is 0 Å². The van der Waals surface area contributed by atoms with Gasteiger partial charge in [-0.2, -0.15) is 0 Å². The lowest BCUT2D eigenvalue weighted by Crippen LogP contribution is -2.26. The van der Waals surface area contributed by atoms with Crippen LogP contribution in [-0.4, -0.2) is 18.0 Å². The van der Waals surface area contributed by atoms with E-state index in [1.54, 1.807) is 6.07 Å². The van der Waals surface area contributed by atoms with Gasteiger partial charge in [-0.1, -0.05) is 0 Å². The average molecular weight is 243 g/mol. The van der Waals surface area contributed by atoms with Crippen molar-refractivity contribution in [2.45, 2.75) is 25.8 Å². The number of alkyl halides is 1. The highest BCUT2D eigenvalue weighted by atomic mass is 35.5. The standard InChI is InChI=1S/C11H15ClN2O2/c1-8(2)13(3)11-5-4-10(14(15)16)6-9(11)7-12/h4-6,8H,7H2,1-3H3. The van der Waals surface area contributed by atoms with Crippen molar-refractivity contribution >= 4 is 23.0 Å². The molecule has 0 radical (unpaired) electrons. The van der Waals surface area contributed by atoms with Crippen LogP contribution in [0, 0.1) is 10.1 Å². The first-order valence-electron chi connectivity index (χ1n) is 5.03. The van der Waals surface area contributed by atoms with Crippen LogP contribution in [0.25, 0.3) is 0 Å². The summed E-state index contributed by atoms with van der Waals surface area (Å²) in [6, 6.07) is 5.10. The quantitative estimate of drug-likeness (QED) is 0.463. The number of rotatable bonds is 4. The second-order valence-corrected chi connectivity index (χ2v) is 4.18. The smallest absolute Gasteiger partial charge is 0.269 e. The second-order valence-electron chi connectivity index (χ2n) is 3.91. The van der Waals surface area contributed by atoms with Crippen LogP contribution in [0.1, 0.15) is 19.4 Å². The van der Waals surface area contributed by atoms with Crippen molar-refractivity contribution in [1.29, 1.82) is 0 Å². The van der Waals surface area contributed by atoms with Crippen LogP contribution < -0.4 is 4.90 Å². The van der Waals surface area contributed by atoms with E-state index in [4.69, 9.17) is 11.6 Å². The molecule has 0 saturated heterocycles. The summed E-state index contributed by atoms with van der Waals surface area (Å²) < 4.78 is 0. The molecule has 0 aliphatic heterocycles. The minimum Gasteiger partial charge on any atom is -0.372 e. The summed E-state index contributed by atoms with van der Waals surface area (Å²) in [5.74, 6) is 0.272. The largest absolute Gasteiger partial charge is 0.372 e. The molecule has 0 fully saturated rings. The molecule has 5 heteroatoms. The van der Waals surface area contributed by atoms with Gasteiger partial charge in [0.15, 0.2) is 0 Å². The minimum atomic E-state index is -0.408. The minimum absolute atomic E-state index is 0.0801. The summed E-state index contributed by atoms with van der Waals surface area (Å²) in [7, 11) is 1.95. The highest BCUT2D eigenvalue weighted by Gasteiger charge is 2.14. The lowest BCUT2D eigenvalue weighted by Gasteiger charge is -2.25. The molecular weight excluding hydrogens is 228 g/mol. The Morgan fingerprint density at radius 2 is 2.12 bits per heavy atom. The zero-order chi connectivity index (χ0) is 12.3. The van der Waals surface area contributed by atoms with Crippen molar-refractivity contribution in [2.24, 2.45) is 0 Å². The third-order valence-electron chi connectivity index (χ3n) is 2.57. The Balaban J connectivity index is 3.16. The van der Waals surface area contributed by atoms with Crippen LogP contribution in [-0.2, 0) is 5.88 Å². The molecular formula is C11H15ClN2O2. The molecule has 0 atom stereocenters. The molecule has 0 N–H and O–H groups in total. The highest BCUT2D eigenvalue weighted by Crippen LogP contribution is 2.27. The van der Waals surface area contributed by atoms with Crippen LogP contribution in [0.5, 0.6) is 0 Å². The molecule has 4 nitrogen and oxygen atoms in total. The summed E-state index contributed by atoms with van der Waals surface area (Å²) in [5.41, 5.74) is 1.80. The number of nitro groups is 1. The lowest BCUT2D eigenvalue weighted by molar-refractivity contribution is -0.384. The van der Waals surface area contributed by atoms with Gasteiger partial charge in [-0.15, -0.1) is 11.6 Å². The van der Waals surface area contributed by atoms with E-state index in [-0.39, 0.29) is 11.6 Å². The van der Waals surface area contributed by atoms with Crippen LogP contribution in [0.4, 0.5) is 11.4 Å². The van der Waals surface area contributed by atoms with Crippen LogP contribution >= 0.6 is 11.6 Å². The fraction of sp³-hybridized carbons (Fsp3) is 0.455. The molecule has 0 aromatic heterocycles. The summed E-state index contributed by atoms with van der Waals surface area (Å²) in [6.07, 6.45) is 0. The summed E-state index contributed by atoms with van der Waals surface area (Å²) in [5, 5.41) is 10.6. The maximum Gasteiger partial charge on any atom is 0.269 e. The molecule has 88 valence electrons. The van der Waals surface area contributed by atoms with Gasteiger partial charge in [0.25, 0.3) is 5.69 Å². The number of hydrogen-bond acceptors (Lipinski definition) is 3. The van der Waals surface area contributed by atoms with Gasteiger partial charge in [0, 0.05) is 36.8 Å². The third kappa shape index (κ3) is 2.64. The molecule has 0 bridgehead atoms. The molecule has 0 amide bonds. The van der Waals surface area contributed by atoms with Gasteiger partial charge in [-0.05, 0) is 25.5 Å². The molecule has 0 saturated carbocycles. The molecule has 1 aromatic carbocycles. The Kier molecular flexibility index (Phi) is 4.12. The van der Waals surface area contributed by atoms with Crippen molar-refractivity contribution in [3.05, 3.63) is 33.9 Å². The Bertz CT molecular complexity index is 394. The monoisotopic (exact) mass is 242 g/mol. The van der Waals surface area contributed by atoms with E-state index >= 15 is 0 Å². The summed E-state index contributed by atoms with van der Waals surface area (Å²) in [6.45, 7) is 4.11. The number of nitrogens with zero attached hydrogens (tertiary/aromatic N) is 2. The van der Waals surface area contributed by atoms with Gasteiger partial charge >= 0.3 is 0 Å². The van der Waals surface area contributed by atoms with Gasteiger partial charge in [0.2, 0.25) is 0 Å². The van der Waals surface area contributed by atoms with E-state index in [0.717, 1.165) is 11.3 Å². The van der Waals surface area contributed by atoms with Crippen molar-refractivity contribution in [3.8, 4) is 0 Å². The third-order valence-corrected chi connectivity index (χ3v) is 2.86. The highest BCUT2D eigenvalue weighted by molar-refractivity contribution is 6.17. The predicted molar refractivity (Wildman–Crippen MR) is 66.2 cm³/mol. The van der Waals surface area contributed by atoms with Gasteiger partial charge in [-0.25, -0.2) is 0 Å². The number of non-ortho nitro benzene ring substituents is 1. The molecule has 0 unspecified atom stereocenters. The number of anilines is 1. The van der Waals surface area contributed by atoms with Gasteiger partial charge in [-0.3, -0.25) is 10.1 Å². The lowest BCUT2D eigenvalue weighted by atomic mass is 10.1. The van der Waals surface area contributed by atoms with Crippen molar-refractivity contribution in [2.75, 3.05) is 11.9 Å². The maximum atomic E-state index is 10.6. The Morgan fingerprint density at radius 3 is 2.56 bits per heavy atom. The zero-order valence-electron chi connectivity index (χ0n) is 9.61. The van der Waals surface area contributed by atoms with Crippen molar-refractivity contribution < 1.29 is 4.92 Å². The van der Waals surface area contributed by atoms with Crippen molar-refractivity contribution in [3.63, 3.8) is 0 Å². The molecule has 0 heterocycles. The molecule has 0 aliphatic carbocycles. The first kappa shape index (κ1) is 12.8. The first-order valence-corrected chi connectivity index (χ1v) is 5.57. The van der Waals surface area contributed by atoms with E-state index in [9.17, 15) is 10.1 Å². The first-order chi connectivity index (χ1) is 7.47. The molecule has 1 aromatic rings.